The summed E-state index contributed by atoms with van der Waals surface area (Å²) >= 11 is 0. The van der Waals surface area contributed by atoms with Gasteiger partial charge < -0.3 is 15.0 Å². The van der Waals surface area contributed by atoms with E-state index < -0.39 is 6.04 Å². The average Bonchev–Trinajstić information content (AvgIpc) is 2.85. The Bertz CT molecular complexity index is 1380. The third-order valence-electron chi connectivity index (χ3n) is 5.88. The molecule has 0 spiro atoms. The maximum Gasteiger partial charge on any atom is 0.322 e. The number of benzene rings is 3. The number of para-hydroxylation sites is 1. The highest BCUT2D eigenvalue weighted by molar-refractivity contribution is 5.89. The van der Waals surface area contributed by atoms with Gasteiger partial charge in [0.25, 0.3) is 5.56 Å². The van der Waals surface area contributed by atoms with Crippen LogP contribution in [-0.4, -0.2) is 34.6 Å². The molecule has 0 saturated heterocycles. The molecule has 1 aromatic heterocycles. The fourth-order valence-electron chi connectivity index (χ4n) is 4.05. The molecule has 0 fully saturated rings. The van der Waals surface area contributed by atoms with Crippen molar-refractivity contribution in [3.8, 4) is 11.4 Å². The largest absolute Gasteiger partial charge is 0.497 e. The van der Waals surface area contributed by atoms with Crippen LogP contribution in [0.1, 0.15) is 30.8 Å². The van der Waals surface area contributed by atoms with Crippen LogP contribution < -0.4 is 15.6 Å². The van der Waals surface area contributed by atoms with E-state index in [2.05, 4.69) is 5.32 Å². The number of aromatic nitrogens is 2. The Morgan fingerprint density at radius 3 is 2.50 bits per heavy atom. The van der Waals surface area contributed by atoms with E-state index in [1.807, 2.05) is 56.3 Å². The minimum Gasteiger partial charge on any atom is -0.497 e. The first-order valence-electron chi connectivity index (χ1n) is 11.2. The van der Waals surface area contributed by atoms with E-state index in [9.17, 15) is 9.59 Å². The highest BCUT2D eigenvalue weighted by Crippen LogP contribution is 2.26. The zero-order valence-electron chi connectivity index (χ0n) is 19.8. The molecule has 0 aliphatic rings. The third kappa shape index (κ3) is 4.50. The van der Waals surface area contributed by atoms with Gasteiger partial charge in [-0.25, -0.2) is 9.78 Å². The molecular formula is C27H28N4O3. The van der Waals surface area contributed by atoms with Gasteiger partial charge in [0.15, 0.2) is 0 Å². The smallest absolute Gasteiger partial charge is 0.322 e. The fraction of sp³-hybridized carbons (Fsp3) is 0.222. The molecule has 3 aromatic carbocycles. The van der Waals surface area contributed by atoms with E-state index in [-0.39, 0.29) is 11.6 Å². The maximum atomic E-state index is 13.6. The van der Waals surface area contributed by atoms with Crippen molar-refractivity contribution < 1.29 is 9.53 Å². The summed E-state index contributed by atoms with van der Waals surface area (Å²) in [6.45, 7) is 3.96. The Balaban J connectivity index is 1.78. The molecule has 0 bridgehead atoms. The van der Waals surface area contributed by atoms with E-state index in [1.165, 1.54) is 0 Å². The maximum absolute atomic E-state index is 13.6. The minimum atomic E-state index is -0.434. The predicted octanol–water partition coefficient (Wildman–Crippen LogP) is 5.32. The summed E-state index contributed by atoms with van der Waals surface area (Å²) < 4.78 is 6.81. The molecule has 7 heteroatoms. The summed E-state index contributed by atoms with van der Waals surface area (Å²) in [5.74, 6) is 1.23. The molecule has 4 rings (SSSR count). The molecule has 4 aromatic rings. The number of amides is 2. The van der Waals surface area contributed by atoms with Crippen LogP contribution in [0.4, 0.5) is 10.5 Å². The molecule has 2 amide bonds. The Kier molecular flexibility index (Phi) is 6.63. The number of nitrogens with zero attached hydrogens (tertiary/aromatic N) is 3. The van der Waals surface area contributed by atoms with E-state index in [1.54, 1.807) is 54.0 Å². The Labute approximate surface area is 198 Å². The van der Waals surface area contributed by atoms with Crippen molar-refractivity contribution in [3.63, 3.8) is 0 Å². The molecule has 0 aliphatic heterocycles. The monoisotopic (exact) mass is 456 g/mol. The van der Waals surface area contributed by atoms with E-state index in [0.717, 1.165) is 11.3 Å². The topological polar surface area (TPSA) is 76.5 Å². The lowest BCUT2D eigenvalue weighted by atomic mass is 10.1. The normalized spacial score (nSPS) is 11.8. The van der Waals surface area contributed by atoms with Crippen LogP contribution in [0.2, 0.25) is 0 Å². The number of hydrogen-bond donors (Lipinski definition) is 1. The highest BCUT2D eigenvalue weighted by Gasteiger charge is 2.26. The summed E-state index contributed by atoms with van der Waals surface area (Å²) in [5, 5.41) is 3.45. The van der Waals surface area contributed by atoms with Gasteiger partial charge in [-0.1, -0.05) is 31.2 Å². The molecule has 1 heterocycles. The van der Waals surface area contributed by atoms with Crippen LogP contribution in [0.15, 0.2) is 77.6 Å². The molecule has 0 saturated carbocycles. The number of rotatable bonds is 6. The van der Waals surface area contributed by atoms with Crippen LogP contribution in [0, 0.1) is 6.92 Å². The van der Waals surface area contributed by atoms with Gasteiger partial charge in [0, 0.05) is 12.7 Å². The molecule has 34 heavy (non-hydrogen) atoms. The Hall–Kier alpha value is -4.13. The van der Waals surface area contributed by atoms with Gasteiger partial charge in [0.1, 0.15) is 11.6 Å². The number of urea groups is 1. The minimum absolute atomic E-state index is 0.159. The van der Waals surface area contributed by atoms with Crippen LogP contribution >= 0.6 is 0 Å². The van der Waals surface area contributed by atoms with Gasteiger partial charge in [-0.05, 0) is 67.4 Å². The van der Waals surface area contributed by atoms with Gasteiger partial charge in [0.2, 0.25) is 0 Å². The van der Waals surface area contributed by atoms with Crippen molar-refractivity contribution in [3.05, 3.63) is 94.5 Å². The number of ether oxygens (including phenoxy) is 1. The average molecular weight is 457 g/mol. The molecule has 1 unspecified atom stereocenters. The van der Waals surface area contributed by atoms with Gasteiger partial charge in [-0.2, -0.15) is 0 Å². The number of fused-ring (bicyclic) bond motifs is 1. The lowest BCUT2D eigenvalue weighted by Crippen LogP contribution is -2.38. The number of anilines is 1. The zero-order chi connectivity index (χ0) is 24.2. The van der Waals surface area contributed by atoms with Crippen molar-refractivity contribution in [1.29, 1.82) is 0 Å². The molecule has 1 N–H and O–H groups in total. The summed E-state index contributed by atoms with van der Waals surface area (Å²) in [7, 11) is 3.31. The number of hydrogen-bond acceptors (Lipinski definition) is 4. The van der Waals surface area contributed by atoms with Crippen molar-refractivity contribution in [2.24, 2.45) is 0 Å². The summed E-state index contributed by atoms with van der Waals surface area (Å²) in [5.41, 5.74) is 2.85. The zero-order valence-corrected chi connectivity index (χ0v) is 19.8. The SMILES string of the molecule is CCC(c1nc2ccccc2c(=O)n1-c1cccc(C)c1)N(C)C(=O)Nc1ccc(OC)cc1. The second kappa shape index (κ2) is 9.79. The molecule has 0 aliphatic carbocycles. The van der Waals surface area contributed by atoms with Crippen molar-refractivity contribution in [1.82, 2.24) is 14.5 Å². The van der Waals surface area contributed by atoms with E-state index >= 15 is 0 Å². The number of carbonyl (C=O) groups is 1. The Morgan fingerprint density at radius 1 is 1.09 bits per heavy atom. The van der Waals surface area contributed by atoms with E-state index in [0.29, 0.717) is 34.6 Å². The van der Waals surface area contributed by atoms with Gasteiger partial charge >= 0.3 is 6.03 Å². The van der Waals surface area contributed by atoms with Crippen LogP contribution in [0.25, 0.3) is 16.6 Å². The number of aryl methyl sites for hydroxylation is 1. The standard InChI is InChI=1S/C27H28N4O3/c1-5-24(30(3)27(33)28-19-13-15-21(34-4)16-14-19)25-29-23-12-7-6-11-22(23)26(32)31(25)20-10-8-9-18(2)17-20/h6-17,24H,5H2,1-4H3,(H,28,33). The summed E-state index contributed by atoms with van der Waals surface area (Å²) in [4.78, 5) is 33.2. The van der Waals surface area contributed by atoms with Gasteiger partial charge in [0.05, 0.1) is 29.7 Å². The Morgan fingerprint density at radius 2 is 1.82 bits per heavy atom. The van der Waals surface area contributed by atoms with E-state index in [4.69, 9.17) is 9.72 Å². The molecular weight excluding hydrogens is 428 g/mol. The lowest BCUT2D eigenvalue weighted by Gasteiger charge is -2.29. The number of methoxy groups -OCH3 is 1. The number of nitrogens with one attached hydrogen (secondary N) is 1. The van der Waals surface area contributed by atoms with Gasteiger partial charge in [-0.3, -0.25) is 9.36 Å². The van der Waals surface area contributed by atoms with Crippen molar-refractivity contribution in [2.45, 2.75) is 26.3 Å². The molecule has 0 radical (unpaired) electrons. The van der Waals surface area contributed by atoms with Crippen molar-refractivity contribution >= 4 is 22.6 Å². The highest BCUT2D eigenvalue weighted by atomic mass is 16.5. The molecule has 174 valence electrons. The first-order valence-corrected chi connectivity index (χ1v) is 11.2. The molecule has 1 atom stereocenters. The molecule has 7 nitrogen and oxygen atoms in total. The van der Waals surface area contributed by atoms with Crippen LogP contribution in [-0.2, 0) is 0 Å². The summed E-state index contributed by atoms with van der Waals surface area (Å²) in [6, 6.07) is 21.4. The first kappa shape index (κ1) is 23.0. The quantitative estimate of drug-likeness (QED) is 0.426. The first-order chi connectivity index (χ1) is 16.4. The second-order valence-corrected chi connectivity index (χ2v) is 8.16. The second-order valence-electron chi connectivity index (χ2n) is 8.16. The van der Waals surface area contributed by atoms with Crippen molar-refractivity contribution in [2.75, 3.05) is 19.5 Å². The van der Waals surface area contributed by atoms with Crippen LogP contribution in [0.5, 0.6) is 5.75 Å². The predicted molar refractivity (Wildman–Crippen MR) is 135 cm³/mol. The fourth-order valence-corrected chi connectivity index (χ4v) is 4.05. The third-order valence-corrected chi connectivity index (χ3v) is 5.88. The lowest BCUT2D eigenvalue weighted by molar-refractivity contribution is 0.199. The van der Waals surface area contributed by atoms with Gasteiger partial charge in [-0.15, -0.1) is 0 Å². The van der Waals surface area contributed by atoms with Crippen LogP contribution in [0.3, 0.4) is 0 Å². The summed E-state index contributed by atoms with van der Waals surface area (Å²) in [6.07, 6.45) is 0.573. The number of carbonyl (C=O) groups excluding carboxylic acids is 1.